The third kappa shape index (κ3) is 3.56. The molecule has 2 nitrogen and oxygen atoms in total. The molecule has 1 N–H and O–H groups in total. The summed E-state index contributed by atoms with van der Waals surface area (Å²) < 4.78 is 0. The molecule has 0 spiro atoms. The third-order valence-corrected chi connectivity index (χ3v) is 3.69. The first kappa shape index (κ1) is 14.2. The van der Waals surface area contributed by atoms with E-state index in [1.807, 2.05) is 32.0 Å². The molecule has 1 aromatic rings. The van der Waals surface area contributed by atoms with Gasteiger partial charge in [0.2, 0.25) is 0 Å². The first-order valence-electron chi connectivity index (χ1n) is 5.90. The zero-order valence-electron chi connectivity index (χ0n) is 10.9. The van der Waals surface area contributed by atoms with Gasteiger partial charge in [-0.1, -0.05) is 48.0 Å². The summed E-state index contributed by atoms with van der Waals surface area (Å²) in [5.41, 5.74) is 2.86. The van der Waals surface area contributed by atoms with Crippen molar-refractivity contribution < 1.29 is 4.79 Å². The third-order valence-electron chi connectivity index (χ3n) is 3.00. The SMILES string of the molecule is Cc1cccc(C)c1C(=O)NC(CBr)C(C)C. The molecule has 0 aliphatic heterocycles. The zero-order chi connectivity index (χ0) is 13.0. The Kier molecular flexibility index (Phi) is 5.19. The van der Waals surface area contributed by atoms with Gasteiger partial charge < -0.3 is 5.32 Å². The van der Waals surface area contributed by atoms with Crippen molar-refractivity contribution in [1.82, 2.24) is 5.32 Å². The van der Waals surface area contributed by atoms with Crippen LogP contribution in [-0.2, 0) is 0 Å². The number of carbonyl (C=O) groups excluding carboxylic acids is 1. The highest BCUT2D eigenvalue weighted by molar-refractivity contribution is 9.09. The van der Waals surface area contributed by atoms with E-state index in [4.69, 9.17) is 0 Å². The van der Waals surface area contributed by atoms with Gasteiger partial charge in [-0.25, -0.2) is 0 Å². The van der Waals surface area contributed by atoms with Gasteiger partial charge in [0.25, 0.3) is 5.91 Å². The molecule has 0 saturated carbocycles. The van der Waals surface area contributed by atoms with Crippen LogP contribution in [-0.4, -0.2) is 17.3 Å². The van der Waals surface area contributed by atoms with Gasteiger partial charge in [0.1, 0.15) is 0 Å². The monoisotopic (exact) mass is 297 g/mol. The summed E-state index contributed by atoms with van der Waals surface area (Å²) in [5.74, 6) is 0.446. The number of hydrogen-bond acceptors (Lipinski definition) is 1. The minimum absolute atomic E-state index is 0.0266. The number of amides is 1. The Labute approximate surface area is 112 Å². The molecule has 3 heteroatoms. The second-order valence-corrected chi connectivity index (χ2v) is 5.39. The molecule has 0 aromatic heterocycles. The van der Waals surface area contributed by atoms with Crippen LogP contribution in [0.2, 0.25) is 0 Å². The number of rotatable bonds is 4. The lowest BCUT2D eigenvalue weighted by atomic mass is 10.0. The van der Waals surface area contributed by atoms with Gasteiger partial charge in [-0.3, -0.25) is 4.79 Å². The number of halogens is 1. The molecule has 1 unspecified atom stereocenters. The quantitative estimate of drug-likeness (QED) is 0.848. The van der Waals surface area contributed by atoms with Crippen molar-refractivity contribution in [3.8, 4) is 0 Å². The van der Waals surface area contributed by atoms with Crippen molar-refractivity contribution in [3.05, 3.63) is 34.9 Å². The number of aryl methyl sites for hydroxylation is 2. The second-order valence-electron chi connectivity index (χ2n) is 4.75. The Morgan fingerprint density at radius 1 is 1.29 bits per heavy atom. The summed E-state index contributed by atoms with van der Waals surface area (Å²) in [4.78, 5) is 12.2. The second kappa shape index (κ2) is 6.20. The van der Waals surface area contributed by atoms with Gasteiger partial charge in [0.05, 0.1) is 0 Å². The summed E-state index contributed by atoms with van der Waals surface area (Å²) in [6.45, 7) is 8.16. The van der Waals surface area contributed by atoms with E-state index < -0.39 is 0 Å². The normalized spacial score (nSPS) is 12.6. The molecule has 0 radical (unpaired) electrons. The molecule has 1 amide bonds. The predicted molar refractivity (Wildman–Crippen MR) is 75.8 cm³/mol. The minimum atomic E-state index is 0.0266. The fourth-order valence-electron chi connectivity index (χ4n) is 1.80. The van der Waals surface area contributed by atoms with Crippen molar-refractivity contribution in [3.63, 3.8) is 0 Å². The molecule has 1 atom stereocenters. The summed E-state index contributed by atoms with van der Waals surface area (Å²) in [6, 6.07) is 6.09. The smallest absolute Gasteiger partial charge is 0.252 e. The molecular weight excluding hydrogens is 278 g/mol. The van der Waals surface area contributed by atoms with E-state index in [1.54, 1.807) is 0 Å². The first-order valence-corrected chi connectivity index (χ1v) is 7.02. The maximum absolute atomic E-state index is 12.2. The van der Waals surface area contributed by atoms with E-state index in [1.165, 1.54) is 0 Å². The zero-order valence-corrected chi connectivity index (χ0v) is 12.5. The first-order chi connectivity index (χ1) is 7.97. The molecule has 0 aliphatic carbocycles. The number of alkyl halides is 1. The molecule has 1 rings (SSSR count). The van der Waals surface area contributed by atoms with E-state index in [2.05, 4.69) is 35.1 Å². The van der Waals surface area contributed by atoms with E-state index in [0.717, 1.165) is 22.0 Å². The summed E-state index contributed by atoms with van der Waals surface area (Å²) in [5, 5.41) is 3.86. The highest BCUT2D eigenvalue weighted by Crippen LogP contribution is 2.14. The van der Waals surface area contributed by atoms with Crippen LogP contribution in [0.4, 0.5) is 0 Å². The fraction of sp³-hybridized carbons (Fsp3) is 0.500. The van der Waals surface area contributed by atoms with Crippen LogP contribution in [0.1, 0.15) is 35.3 Å². The summed E-state index contributed by atoms with van der Waals surface area (Å²) in [7, 11) is 0. The highest BCUT2D eigenvalue weighted by Gasteiger charge is 2.18. The van der Waals surface area contributed by atoms with Crippen LogP contribution in [0.15, 0.2) is 18.2 Å². The minimum Gasteiger partial charge on any atom is -0.348 e. The van der Waals surface area contributed by atoms with Gasteiger partial charge in [-0.15, -0.1) is 0 Å². The Morgan fingerprint density at radius 2 is 1.82 bits per heavy atom. The summed E-state index contributed by atoms with van der Waals surface area (Å²) in [6.07, 6.45) is 0. The topological polar surface area (TPSA) is 29.1 Å². The Hall–Kier alpha value is -0.830. The van der Waals surface area contributed by atoms with Crippen molar-refractivity contribution in [2.75, 3.05) is 5.33 Å². The predicted octanol–water partition coefficient (Wildman–Crippen LogP) is 3.45. The maximum Gasteiger partial charge on any atom is 0.252 e. The molecule has 0 saturated heterocycles. The standard InChI is InChI=1S/C14H20BrNO/c1-9(2)12(8-15)16-14(17)13-10(3)6-5-7-11(13)4/h5-7,9,12H,8H2,1-4H3,(H,16,17). The van der Waals surface area contributed by atoms with Crippen molar-refractivity contribution in [2.45, 2.75) is 33.7 Å². The van der Waals surface area contributed by atoms with E-state index in [0.29, 0.717) is 5.92 Å². The van der Waals surface area contributed by atoms with Crippen LogP contribution in [0.25, 0.3) is 0 Å². The van der Waals surface area contributed by atoms with Gasteiger partial charge >= 0.3 is 0 Å². The van der Waals surface area contributed by atoms with Crippen LogP contribution in [0.3, 0.4) is 0 Å². The van der Waals surface area contributed by atoms with Crippen LogP contribution in [0, 0.1) is 19.8 Å². The Morgan fingerprint density at radius 3 is 2.24 bits per heavy atom. The van der Waals surface area contributed by atoms with Crippen molar-refractivity contribution in [1.29, 1.82) is 0 Å². The molecule has 0 bridgehead atoms. The van der Waals surface area contributed by atoms with Crippen LogP contribution < -0.4 is 5.32 Å². The van der Waals surface area contributed by atoms with Gasteiger partial charge in [0, 0.05) is 16.9 Å². The lowest BCUT2D eigenvalue weighted by Crippen LogP contribution is -2.40. The lowest BCUT2D eigenvalue weighted by molar-refractivity contribution is 0.0930. The van der Waals surface area contributed by atoms with Gasteiger partial charge in [0.15, 0.2) is 0 Å². The number of carbonyl (C=O) groups is 1. The van der Waals surface area contributed by atoms with Crippen LogP contribution >= 0.6 is 15.9 Å². The number of hydrogen-bond donors (Lipinski definition) is 1. The number of nitrogens with one attached hydrogen (secondary N) is 1. The largest absolute Gasteiger partial charge is 0.348 e. The van der Waals surface area contributed by atoms with Crippen molar-refractivity contribution >= 4 is 21.8 Å². The number of benzene rings is 1. The molecule has 1 aromatic carbocycles. The van der Waals surface area contributed by atoms with Gasteiger partial charge in [-0.2, -0.15) is 0 Å². The van der Waals surface area contributed by atoms with Crippen molar-refractivity contribution in [2.24, 2.45) is 5.92 Å². The summed E-state index contributed by atoms with van der Waals surface area (Å²) >= 11 is 3.44. The van der Waals surface area contributed by atoms with Gasteiger partial charge in [-0.05, 0) is 30.9 Å². The average Bonchev–Trinajstić information content (AvgIpc) is 2.25. The highest BCUT2D eigenvalue weighted by atomic mass is 79.9. The average molecular weight is 298 g/mol. The molecule has 94 valence electrons. The Balaban J connectivity index is 2.90. The van der Waals surface area contributed by atoms with E-state index in [9.17, 15) is 4.79 Å². The molecule has 0 heterocycles. The molecule has 0 aliphatic rings. The van der Waals surface area contributed by atoms with Crippen LogP contribution in [0.5, 0.6) is 0 Å². The Bertz CT molecular complexity index is 381. The molecule has 17 heavy (non-hydrogen) atoms. The fourth-order valence-corrected chi connectivity index (χ4v) is 2.71. The molecular formula is C14H20BrNO. The lowest BCUT2D eigenvalue weighted by Gasteiger charge is -2.21. The maximum atomic E-state index is 12.2. The molecule has 0 fully saturated rings. The van der Waals surface area contributed by atoms with E-state index >= 15 is 0 Å². The van der Waals surface area contributed by atoms with E-state index in [-0.39, 0.29) is 11.9 Å².